The predicted octanol–water partition coefficient (Wildman–Crippen LogP) is 0.828. The summed E-state index contributed by atoms with van der Waals surface area (Å²) in [5.41, 5.74) is 5.71. The van der Waals surface area contributed by atoms with E-state index in [0.717, 1.165) is 12.8 Å². The van der Waals surface area contributed by atoms with E-state index in [-0.39, 0.29) is 16.9 Å². The van der Waals surface area contributed by atoms with E-state index in [2.05, 4.69) is 4.98 Å². The van der Waals surface area contributed by atoms with Crippen LogP contribution in [0.4, 0.5) is 5.82 Å². The summed E-state index contributed by atoms with van der Waals surface area (Å²) in [5, 5.41) is 0.0421. The van der Waals surface area contributed by atoms with E-state index < -0.39 is 10.0 Å². The number of methoxy groups -OCH3 is 1. The van der Waals surface area contributed by atoms with E-state index in [4.69, 9.17) is 10.5 Å². The van der Waals surface area contributed by atoms with E-state index in [1.165, 1.54) is 15.2 Å². The van der Waals surface area contributed by atoms with Crippen LogP contribution in [0, 0.1) is 0 Å². The van der Waals surface area contributed by atoms with Crippen molar-refractivity contribution in [1.82, 2.24) is 13.9 Å². The minimum atomic E-state index is -3.69. The van der Waals surface area contributed by atoms with Gasteiger partial charge in [0.15, 0.2) is 10.8 Å². The molecule has 0 spiro atoms. The number of nitrogens with zero attached hydrogens (tertiary/aromatic N) is 3. The monoisotopic (exact) mass is 304 g/mol. The van der Waals surface area contributed by atoms with Gasteiger partial charge in [0, 0.05) is 26.7 Å². The van der Waals surface area contributed by atoms with E-state index in [1.54, 1.807) is 14.2 Å². The number of imidazole rings is 1. The van der Waals surface area contributed by atoms with Gasteiger partial charge >= 0.3 is 0 Å². The van der Waals surface area contributed by atoms with E-state index in [1.807, 2.05) is 13.8 Å². The minimum Gasteiger partial charge on any atom is -0.383 e. The second kappa shape index (κ2) is 7.05. The van der Waals surface area contributed by atoms with Crippen molar-refractivity contribution in [3.8, 4) is 0 Å². The molecule has 0 atom stereocenters. The third kappa shape index (κ3) is 3.31. The summed E-state index contributed by atoms with van der Waals surface area (Å²) in [6.07, 6.45) is 2.87. The van der Waals surface area contributed by atoms with Gasteiger partial charge in [-0.3, -0.25) is 0 Å². The third-order valence-corrected chi connectivity index (χ3v) is 5.41. The zero-order chi connectivity index (χ0) is 15.3. The van der Waals surface area contributed by atoms with Crippen molar-refractivity contribution in [1.29, 1.82) is 0 Å². The Hall–Kier alpha value is -1.12. The van der Waals surface area contributed by atoms with E-state index in [9.17, 15) is 8.42 Å². The molecule has 0 saturated carbocycles. The molecule has 0 bridgehead atoms. The number of anilines is 1. The highest BCUT2D eigenvalue weighted by atomic mass is 32.2. The molecule has 0 radical (unpaired) electrons. The van der Waals surface area contributed by atoms with Gasteiger partial charge in [-0.1, -0.05) is 13.8 Å². The average Bonchev–Trinajstić information content (AvgIpc) is 2.74. The lowest BCUT2D eigenvalue weighted by Crippen LogP contribution is -2.42. The first kappa shape index (κ1) is 16.9. The molecule has 0 unspecified atom stereocenters. The summed E-state index contributed by atoms with van der Waals surface area (Å²) in [6.45, 7) is 4.58. The topological polar surface area (TPSA) is 90.4 Å². The van der Waals surface area contributed by atoms with Crippen molar-refractivity contribution < 1.29 is 13.2 Å². The number of hydrogen-bond donors (Lipinski definition) is 1. The molecule has 0 fully saturated rings. The van der Waals surface area contributed by atoms with Gasteiger partial charge in [-0.25, -0.2) is 13.4 Å². The SMILES string of the molecule is CCC(CC)N(CCOC)S(=O)(=O)c1c(N)ncn1C. The van der Waals surface area contributed by atoms with Crippen LogP contribution in [0.5, 0.6) is 0 Å². The Labute approximate surface area is 120 Å². The Morgan fingerprint density at radius 1 is 1.45 bits per heavy atom. The van der Waals surface area contributed by atoms with E-state index in [0.29, 0.717) is 13.2 Å². The highest BCUT2D eigenvalue weighted by Gasteiger charge is 2.33. The molecule has 8 heteroatoms. The Morgan fingerprint density at radius 3 is 2.45 bits per heavy atom. The predicted molar refractivity (Wildman–Crippen MR) is 77.8 cm³/mol. The fourth-order valence-corrected chi connectivity index (χ4v) is 4.19. The number of nitrogen functional groups attached to an aromatic ring is 1. The number of aromatic nitrogens is 2. The van der Waals surface area contributed by atoms with Crippen molar-refractivity contribution in [3.63, 3.8) is 0 Å². The van der Waals surface area contributed by atoms with Gasteiger partial charge in [-0.05, 0) is 12.8 Å². The van der Waals surface area contributed by atoms with Gasteiger partial charge in [0.25, 0.3) is 10.0 Å². The standard InChI is InChI=1S/C12H24N4O3S/c1-5-10(6-2)16(7-8-19-4)20(17,18)12-11(13)14-9-15(12)3/h9-10H,5-8,13H2,1-4H3. The molecule has 1 heterocycles. The molecule has 0 saturated heterocycles. The molecule has 0 aliphatic carbocycles. The molecule has 1 rings (SSSR count). The van der Waals surface area contributed by atoms with Crippen molar-refractivity contribution in [2.75, 3.05) is 26.0 Å². The fraction of sp³-hybridized carbons (Fsp3) is 0.750. The van der Waals surface area contributed by atoms with Crippen LogP contribution >= 0.6 is 0 Å². The summed E-state index contributed by atoms with van der Waals surface area (Å²) < 4.78 is 33.6. The second-order valence-electron chi connectivity index (χ2n) is 4.62. The summed E-state index contributed by atoms with van der Waals surface area (Å²) in [7, 11) is -0.512. The van der Waals surface area contributed by atoms with Crippen LogP contribution < -0.4 is 5.73 Å². The van der Waals surface area contributed by atoms with Crippen LogP contribution in [0.15, 0.2) is 11.4 Å². The van der Waals surface area contributed by atoms with Crippen LogP contribution in [-0.2, 0) is 21.8 Å². The highest BCUT2D eigenvalue weighted by molar-refractivity contribution is 7.89. The van der Waals surface area contributed by atoms with Gasteiger partial charge in [-0.2, -0.15) is 4.31 Å². The molecule has 2 N–H and O–H groups in total. The zero-order valence-corrected chi connectivity index (χ0v) is 13.4. The molecule has 0 aliphatic rings. The van der Waals surface area contributed by atoms with Crippen LogP contribution in [0.25, 0.3) is 0 Å². The van der Waals surface area contributed by atoms with Crippen LogP contribution in [0.1, 0.15) is 26.7 Å². The summed E-state index contributed by atoms with van der Waals surface area (Å²) in [6, 6.07) is -0.0792. The lowest BCUT2D eigenvalue weighted by atomic mass is 10.2. The molecule has 116 valence electrons. The normalized spacial score (nSPS) is 12.5. The number of aryl methyl sites for hydroxylation is 1. The smallest absolute Gasteiger partial charge is 0.262 e. The largest absolute Gasteiger partial charge is 0.383 e. The molecule has 0 aromatic carbocycles. The Bertz CT molecular complexity index is 503. The molecular weight excluding hydrogens is 280 g/mol. The maximum atomic E-state index is 12.8. The quantitative estimate of drug-likeness (QED) is 0.768. The van der Waals surface area contributed by atoms with Crippen molar-refractivity contribution >= 4 is 15.8 Å². The summed E-state index contributed by atoms with van der Waals surface area (Å²) >= 11 is 0. The molecule has 7 nitrogen and oxygen atoms in total. The van der Waals surface area contributed by atoms with Gasteiger partial charge in [0.2, 0.25) is 0 Å². The zero-order valence-electron chi connectivity index (χ0n) is 12.5. The molecule has 1 aromatic rings. The number of hydrogen-bond acceptors (Lipinski definition) is 5. The maximum Gasteiger partial charge on any atom is 0.262 e. The molecule has 20 heavy (non-hydrogen) atoms. The first-order valence-electron chi connectivity index (χ1n) is 6.67. The van der Waals surface area contributed by atoms with Gasteiger partial charge < -0.3 is 15.0 Å². The molecule has 0 aliphatic heterocycles. The second-order valence-corrected chi connectivity index (χ2v) is 6.43. The van der Waals surface area contributed by atoms with Crippen LogP contribution in [-0.4, -0.2) is 48.6 Å². The average molecular weight is 304 g/mol. The van der Waals surface area contributed by atoms with Gasteiger partial charge in [0.1, 0.15) is 0 Å². The highest BCUT2D eigenvalue weighted by Crippen LogP contribution is 2.24. The summed E-state index contributed by atoms with van der Waals surface area (Å²) in [4.78, 5) is 3.86. The number of ether oxygens (including phenoxy) is 1. The van der Waals surface area contributed by atoms with Crippen molar-refractivity contribution in [2.24, 2.45) is 7.05 Å². The fourth-order valence-electron chi connectivity index (χ4n) is 2.24. The lowest BCUT2D eigenvalue weighted by molar-refractivity contribution is 0.163. The maximum absolute atomic E-state index is 12.8. The lowest BCUT2D eigenvalue weighted by Gasteiger charge is -2.29. The number of sulfonamides is 1. The van der Waals surface area contributed by atoms with Gasteiger partial charge in [0.05, 0.1) is 12.9 Å². The molecular formula is C12H24N4O3S. The van der Waals surface area contributed by atoms with Crippen molar-refractivity contribution in [2.45, 2.75) is 37.8 Å². The first-order chi connectivity index (χ1) is 9.39. The van der Waals surface area contributed by atoms with Crippen LogP contribution in [0.3, 0.4) is 0 Å². The first-order valence-corrected chi connectivity index (χ1v) is 8.11. The third-order valence-electron chi connectivity index (χ3n) is 3.33. The molecule has 0 amide bonds. The number of rotatable bonds is 8. The van der Waals surface area contributed by atoms with E-state index >= 15 is 0 Å². The molecule has 1 aromatic heterocycles. The van der Waals surface area contributed by atoms with Crippen LogP contribution in [0.2, 0.25) is 0 Å². The Balaban J connectivity index is 3.23. The Kier molecular flexibility index (Phi) is 5.97. The minimum absolute atomic E-state index is 0.0286. The van der Waals surface area contributed by atoms with Gasteiger partial charge in [-0.15, -0.1) is 0 Å². The summed E-state index contributed by atoms with van der Waals surface area (Å²) in [5.74, 6) is 0.0286. The Morgan fingerprint density at radius 2 is 2.05 bits per heavy atom. The number of nitrogens with two attached hydrogens (primary N) is 1. The van der Waals surface area contributed by atoms with Crippen molar-refractivity contribution in [3.05, 3.63) is 6.33 Å².